The molecule has 1 aromatic carbocycles. The Morgan fingerprint density at radius 3 is 2.70 bits per heavy atom. The van der Waals surface area contributed by atoms with Gasteiger partial charge in [0.15, 0.2) is 5.82 Å². The first-order valence-electron chi connectivity index (χ1n) is 15.3. The van der Waals surface area contributed by atoms with Crippen LogP contribution in [0.15, 0.2) is 59.9 Å². The van der Waals surface area contributed by atoms with Crippen LogP contribution in [0, 0.1) is 5.92 Å². The van der Waals surface area contributed by atoms with Crippen molar-refractivity contribution in [3.63, 3.8) is 0 Å². The van der Waals surface area contributed by atoms with Gasteiger partial charge in [0.05, 0.1) is 48.7 Å². The van der Waals surface area contributed by atoms with Gasteiger partial charge in [0, 0.05) is 48.6 Å². The molecule has 224 valence electrons. The largest absolute Gasteiger partial charge is 0.389 e. The minimum absolute atomic E-state index is 0.0389. The number of anilines is 1. The maximum Gasteiger partial charge on any atom is 0.275 e. The first-order valence-corrected chi connectivity index (χ1v) is 15.3. The van der Waals surface area contributed by atoms with Crippen molar-refractivity contribution in [2.75, 3.05) is 24.7 Å². The zero-order chi connectivity index (χ0) is 29.7. The van der Waals surface area contributed by atoms with Gasteiger partial charge in [0.25, 0.3) is 5.56 Å². The standard InChI is InChI=1S/C33H39N7O3/c1-33(2,42)21-38-19-24(18-34-38)30-35-27-10-9-25(39-14-12-23-11-13-37(3)32(41)29(23)39)17-26(27)31(36-30)40-15-16-43-20-28(40)22-7-5-4-6-8-22/h9-14,17-19,22,28,42H,4-8,15-16,20-21H2,1-3H3. The maximum absolute atomic E-state index is 13.1. The summed E-state index contributed by atoms with van der Waals surface area (Å²) < 4.78 is 11.4. The Bertz CT molecular complexity index is 1840. The van der Waals surface area contributed by atoms with Crippen LogP contribution in [-0.4, -0.2) is 65.4 Å². The smallest absolute Gasteiger partial charge is 0.275 e. The molecule has 1 unspecified atom stereocenters. The summed E-state index contributed by atoms with van der Waals surface area (Å²) in [4.78, 5) is 25.8. The molecular weight excluding hydrogens is 542 g/mol. The fraction of sp³-hybridized carbons (Fsp3) is 0.455. The Morgan fingerprint density at radius 1 is 1.07 bits per heavy atom. The van der Waals surface area contributed by atoms with Crippen molar-refractivity contribution in [1.29, 1.82) is 0 Å². The second kappa shape index (κ2) is 10.9. The van der Waals surface area contributed by atoms with Crippen molar-refractivity contribution < 1.29 is 9.84 Å². The molecule has 4 aromatic heterocycles. The van der Waals surface area contributed by atoms with Crippen LogP contribution >= 0.6 is 0 Å². The SMILES string of the molecule is Cn1ccc2ccn(-c3ccc4nc(-c5cnn(CC(C)(C)O)c5)nc(N5CCOCC5C5CCCCC5)c4c3)c2c1=O. The topological polar surface area (TPSA) is 103 Å². The van der Waals surface area contributed by atoms with E-state index in [2.05, 4.69) is 16.1 Å². The molecule has 5 heterocycles. The van der Waals surface area contributed by atoms with Gasteiger partial charge in [-0.25, -0.2) is 9.97 Å². The summed E-state index contributed by atoms with van der Waals surface area (Å²) >= 11 is 0. The lowest BCUT2D eigenvalue weighted by molar-refractivity contribution is 0.0577. The molecular formula is C33H39N7O3. The predicted molar refractivity (Wildman–Crippen MR) is 168 cm³/mol. The van der Waals surface area contributed by atoms with Crippen molar-refractivity contribution in [3.8, 4) is 17.1 Å². The highest BCUT2D eigenvalue weighted by atomic mass is 16.5. The quantitative estimate of drug-likeness (QED) is 0.310. The number of nitrogens with zero attached hydrogens (tertiary/aromatic N) is 7. The van der Waals surface area contributed by atoms with Crippen LogP contribution in [0.1, 0.15) is 46.0 Å². The van der Waals surface area contributed by atoms with Crippen molar-refractivity contribution in [2.24, 2.45) is 13.0 Å². The third-order valence-electron chi connectivity index (χ3n) is 8.93. The minimum atomic E-state index is -0.889. The lowest BCUT2D eigenvalue weighted by Crippen LogP contribution is -2.50. The van der Waals surface area contributed by atoms with Gasteiger partial charge in [-0.3, -0.25) is 9.48 Å². The van der Waals surface area contributed by atoms with Gasteiger partial charge in [-0.1, -0.05) is 19.3 Å². The fourth-order valence-corrected chi connectivity index (χ4v) is 6.81. The molecule has 0 radical (unpaired) electrons. The molecule has 10 nitrogen and oxygen atoms in total. The molecule has 1 aliphatic heterocycles. The Hall–Kier alpha value is -4.02. The van der Waals surface area contributed by atoms with E-state index in [4.69, 9.17) is 14.7 Å². The van der Waals surface area contributed by atoms with E-state index in [9.17, 15) is 9.90 Å². The van der Waals surface area contributed by atoms with Crippen molar-refractivity contribution >= 4 is 27.6 Å². The van der Waals surface area contributed by atoms with Crippen LogP contribution in [0.5, 0.6) is 0 Å². The second-order valence-corrected chi connectivity index (χ2v) is 12.8. The number of aryl methyl sites for hydroxylation is 1. The number of ether oxygens (including phenoxy) is 1. The van der Waals surface area contributed by atoms with E-state index >= 15 is 0 Å². The summed E-state index contributed by atoms with van der Waals surface area (Å²) in [5.74, 6) is 2.04. The number of morpholine rings is 1. The second-order valence-electron chi connectivity index (χ2n) is 12.8. The Morgan fingerprint density at radius 2 is 1.88 bits per heavy atom. The third kappa shape index (κ3) is 5.34. The number of benzene rings is 1. The molecule has 7 rings (SSSR count). The van der Waals surface area contributed by atoms with Crippen LogP contribution in [0.4, 0.5) is 5.82 Å². The molecule has 1 saturated carbocycles. The van der Waals surface area contributed by atoms with E-state index in [1.165, 1.54) is 32.1 Å². The average Bonchev–Trinajstić information content (AvgIpc) is 3.65. The Kier molecular flexibility index (Phi) is 7.05. The van der Waals surface area contributed by atoms with Crippen molar-refractivity contribution in [2.45, 2.75) is 64.1 Å². The van der Waals surface area contributed by atoms with E-state index in [0.29, 0.717) is 37.0 Å². The number of aliphatic hydroxyl groups is 1. The third-order valence-corrected chi connectivity index (χ3v) is 8.93. The normalized spacial score (nSPS) is 18.6. The van der Waals surface area contributed by atoms with Crippen LogP contribution < -0.4 is 10.5 Å². The lowest BCUT2D eigenvalue weighted by Gasteiger charge is -2.42. The van der Waals surface area contributed by atoms with Gasteiger partial charge in [-0.15, -0.1) is 0 Å². The number of aromatic nitrogens is 6. The average molecular weight is 582 g/mol. The Balaban J connectivity index is 1.39. The minimum Gasteiger partial charge on any atom is -0.389 e. The summed E-state index contributed by atoms with van der Waals surface area (Å²) in [6.45, 7) is 5.99. The monoisotopic (exact) mass is 581 g/mol. The summed E-state index contributed by atoms with van der Waals surface area (Å²) in [6, 6.07) is 10.3. The summed E-state index contributed by atoms with van der Waals surface area (Å²) in [7, 11) is 1.78. The van der Waals surface area contributed by atoms with Gasteiger partial charge < -0.3 is 23.9 Å². The van der Waals surface area contributed by atoms with Gasteiger partial charge in [0.1, 0.15) is 11.3 Å². The van der Waals surface area contributed by atoms with E-state index in [1.54, 1.807) is 42.5 Å². The highest BCUT2D eigenvalue weighted by Gasteiger charge is 2.33. The van der Waals surface area contributed by atoms with E-state index < -0.39 is 5.60 Å². The number of fused-ring (bicyclic) bond motifs is 2. The lowest BCUT2D eigenvalue weighted by atomic mass is 9.83. The molecule has 5 aromatic rings. The summed E-state index contributed by atoms with van der Waals surface area (Å²) in [6.07, 6.45) is 13.6. The number of rotatable bonds is 6. The zero-order valence-corrected chi connectivity index (χ0v) is 25.1. The number of hydrogen-bond acceptors (Lipinski definition) is 7. The van der Waals surface area contributed by atoms with E-state index in [-0.39, 0.29) is 11.6 Å². The predicted octanol–water partition coefficient (Wildman–Crippen LogP) is 4.69. The van der Waals surface area contributed by atoms with Crippen molar-refractivity contribution in [1.82, 2.24) is 28.9 Å². The van der Waals surface area contributed by atoms with Crippen LogP contribution in [0.3, 0.4) is 0 Å². The van der Waals surface area contributed by atoms with Gasteiger partial charge >= 0.3 is 0 Å². The molecule has 1 saturated heterocycles. The van der Waals surface area contributed by atoms with E-state index in [1.807, 2.05) is 41.2 Å². The molecule has 0 bridgehead atoms. The van der Waals surface area contributed by atoms with Crippen molar-refractivity contribution in [3.05, 3.63) is 65.5 Å². The molecule has 2 fully saturated rings. The summed E-state index contributed by atoms with van der Waals surface area (Å²) in [5.41, 5.74) is 2.25. The van der Waals surface area contributed by atoms with E-state index in [0.717, 1.165) is 39.9 Å². The highest BCUT2D eigenvalue weighted by Crippen LogP contribution is 2.36. The zero-order valence-electron chi connectivity index (χ0n) is 25.1. The summed E-state index contributed by atoms with van der Waals surface area (Å²) in [5, 5.41) is 16.7. The first kappa shape index (κ1) is 27.8. The maximum atomic E-state index is 13.1. The molecule has 1 N–H and O–H groups in total. The fourth-order valence-electron chi connectivity index (χ4n) is 6.81. The van der Waals surface area contributed by atoms with Gasteiger partial charge in [-0.2, -0.15) is 5.10 Å². The Labute approximate surface area is 250 Å². The molecule has 1 aliphatic carbocycles. The molecule has 10 heteroatoms. The van der Waals surface area contributed by atoms with Crippen LogP contribution in [-0.2, 0) is 18.3 Å². The molecule has 0 spiro atoms. The first-order chi connectivity index (χ1) is 20.7. The highest BCUT2D eigenvalue weighted by molar-refractivity contribution is 5.93. The number of pyridine rings is 1. The van der Waals surface area contributed by atoms with Gasteiger partial charge in [0.2, 0.25) is 0 Å². The van der Waals surface area contributed by atoms with Crippen LogP contribution in [0.2, 0.25) is 0 Å². The molecule has 1 atom stereocenters. The molecule has 2 aliphatic rings. The van der Waals surface area contributed by atoms with Crippen LogP contribution in [0.25, 0.3) is 38.9 Å². The van der Waals surface area contributed by atoms with Gasteiger partial charge in [-0.05, 0) is 62.9 Å². The molecule has 43 heavy (non-hydrogen) atoms. The number of hydrogen-bond donors (Lipinski definition) is 1. The molecule has 0 amide bonds.